The maximum Gasteiger partial charge on any atom is 0.325 e. The molecule has 0 fully saturated rings. The smallest absolute Gasteiger partial charge is 0.325 e. The predicted octanol–water partition coefficient (Wildman–Crippen LogP) is 1.24. The topological polar surface area (TPSA) is 98.4 Å². The monoisotopic (exact) mass is 314 g/mol. The zero-order chi connectivity index (χ0) is 16.8. The molecule has 0 spiro atoms. The zero-order valence-electron chi connectivity index (χ0n) is 13.0. The summed E-state index contributed by atoms with van der Waals surface area (Å²) in [5, 5.41) is 0. The second kappa shape index (κ2) is 7.35. The van der Waals surface area contributed by atoms with Gasteiger partial charge < -0.3 is 15.4 Å². The van der Waals surface area contributed by atoms with E-state index in [1.165, 1.54) is 11.0 Å². The Morgan fingerprint density at radius 2 is 1.91 bits per heavy atom. The fourth-order valence-electron chi connectivity index (χ4n) is 1.96. The van der Waals surface area contributed by atoms with Crippen LogP contribution in [0.4, 0.5) is 5.95 Å². The first kappa shape index (κ1) is 16.4. The fourth-order valence-corrected chi connectivity index (χ4v) is 1.96. The maximum absolute atomic E-state index is 11.6. The van der Waals surface area contributed by atoms with E-state index in [2.05, 4.69) is 9.97 Å². The van der Waals surface area contributed by atoms with E-state index in [4.69, 9.17) is 10.5 Å². The van der Waals surface area contributed by atoms with Crippen LogP contribution < -0.4 is 10.6 Å². The summed E-state index contributed by atoms with van der Waals surface area (Å²) < 4.78 is 4.90. The number of aromatic nitrogens is 2. The molecule has 1 amide bonds. The van der Waals surface area contributed by atoms with Crippen LogP contribution in [0.1, 0.15) is 17.4 Å². The maximum atomic E-state index is 11.6. The third kappa shape index (κ3) is 4.26. The summed E-state index contributed by atoms with van der Waals surface area (Å²) in [5.41, 5.74) is 6.80. The van der Waals surface area contributed by atoms with Crippen LogP contribution in [0.3, 0.4) is 0 Å². The first-order valence-corrected chi connectivity index (χ1v) is 7.12. The quantitative estimate of drug-likeness (QED) is 0.806. The van der Waals surface area contributed by atoms with Gasteiger partial charge in [-0.15, -0.1) is 0 Å². The van der Waals surface area contributed by atoms with Gasteiger partial charge in [0.15, 0.2) is 0 Å². The van der Waals surface area contributed by atoms with Crippen molar-refractivity contribution in [2.45, 2.75) is 6.92 Å². The molecule has 0 aliphatic heterocycles. The normalized spacial score (nSPS) is 10.2. The molecule has 0 aliphatic carbocycles. The van der Waals surface area contributed by atoms with Crippen molar-refractivity contribution in [3.8, 4) is 11.3 Å². The lowest BCUT2D eigenvalue weighted by atomic mass is 10.1. The lowest BCUT2D eigenvalue weighted by Crippen LogP contribution is -2.29. The van der Waals surface area contributed by atoms with Crippen LogP contribution in [0.5, 0.6) is 0 Å². The highest BCUT2D eigenvalue weighted by molar-refractivity contribution is 5.92. The van der Waals surface area contributed by atoms with E-state index in [0.29, 0.717) is 12.3 Å². The third-order valence-electron chi connectivity index (χ3n) is 3.05. The van der Waals surface area contributed by atoms with Crippen LogP contribution in [0.15, 0.2) is 36.4 Å². The fraction of sp³-hybridized carbons (Fsp3) is 0.250. The molecule has 0 atom stereocenters. The number of ether oxygens (including phenoxy) is 1. The number of nitrogens with zero attached hydrogens (tertiary/aromatic N) is 3. The number of carbonyl (C=O) groups is 2. The number of likely N-dealkylation sites (N-methyl/N-ethyl adjacent to an activating group) is 1. The summed E-state index contributed by atoms with van der Waals surface area (Å²) in [5.74, 6) is -0.826. The first-order chi connectivity index (χ1) is 11.0. The second-order valence-electron chi connectivity index (χ2n) is 4.83. The number of hydrogen-bond acceptors (Lipinski definition) is 6. The molecule has 1 heterocycles. The summed E-state index contributed by atoms with van der Waals surface area (Å²) >= 11 is 0. The van der Waals surface area contributed by atoms with Gasteiger partial charge in [-0.25, -0.2) is 9.97 Å². The molecule has 2 N–H and O–H groups in total. The molecule has 0 bridgehead atoms. The molecule has 23 heavy (non-hydrogen) atoms. The molecule has 2 aromatic rings. The van der Waals surface area contributed by atoms with E-state index < -0.39 is 11.9 Å². The van der Waals surface area contributed by atoms with E-state index in [1.54, 1.807) is 14.0 Å². The first-order valence-electron chi connectivity index (χ1n) is 7.12. The van der Waals surface area contributed by atoms with Gasteiger partial charge in [-0.1, -0.05) is 30.3 Å². The lowest BCUT2D eigenvalue weighted by Gasteiger charge is -2.17. The molecule has 7 heteroatoms. The van der Waals surface area contributed by atoms with Gasteiger partial charge in [0, 0.05) is 12.6 Å². The summed E-state index contributed by atoms with van der Waals surface area (Å²) in [4.78, 5) is 33.1. The van der Waals surface area contributed by atoms with Crippen LogP contribution in [0.2, 0.25) is 0 Å². The van der Waals surface area contributed by atoms with E-state index in [9.17, 15) is 9.59 Å². The molecule has 0 aliphatic rings. The van der Waals surface area contributed by atoms with Crippen molar-refractivity contribution in [2.24, 2.45) is 5.73 Å². The number of rotatable bonds is 6. The molecule has 2 rings (SSSR count). The predicted molar refractivity (Wildman–Crippen MR) is 85.9 cm³/mol. The Morgan fingerprint density at radius 3 is 2.52 bits per heavy atom. The Hall–Kier alpha value is -2.96. The molecule has 0 radical (unpaired) electrons. The van der Waals surface area contributed by atoms with Gasteiger partial charge in [0.05, 0.1) is 12.3 Å². The Morgan fingerprint density at radius 1 is 1.22 bits per heavy atom. The Kier molecular flexibility index (Phi) is 5.24. The third-order valence-corrected chi connectivity index (χ3v) is 3.05. The number of esters is 1. The molecule has 0 unspecified atom stereocenters. The molecule has 0 saturated carbocycles. The van der Waals surface area contributed by atoms with E-state index in [1.807, 2.05) is 30.3 Å². The number of anilines is 1. The van der Waals surface area contributed by atoms with Gasteiger partial charge in [0.1, 0.15) is 12.2 Å². The Labute approximate surface area is 134 Å². The molecular formula is C16H18N4O3. The number of nitrogens with two attached hydrogens (primary N) is 1. The van der Waals surface area contributed by atoms with Crippen molar-refractivity contribution in [1.29, 1.82) is 0 Å². The lowest BCUT2D eigenvalue weighted by molar-refractivity contribution is -0.141. The van der Waals surface area contributed by atoms with Gasteiger partial charge >= 0.3 is 5.97 Å². The van der Waals surface area contributed by atoms with Crippen LogP contribution in [-0.4, -0.2) is 42.0 Å². The van der Waals surface area contributed by atoms with E-state index in [0.717, 1.165) is 5.56 Å². The minimum atomic E-state index is -0.657. The average molecular weight is 314 g/mol. The van der Waals surface area contributed by atoms with Crippen LogP contribution in [0.25, 0.3) is 11.3 Å². The highest BCUT2D eigenvalue weighted by Crippen LogP contribution is 2.20. The summed E-state index contributed by atoms with van der Waals surface area (Å²) in [7, 11) is 1.64. The van der Waals surface area contributed by atoms with E-state index in [-0.39, 0.29) is 18.2 Å². The SMILES string of the molecule is CCOC(=O)CN(C)c1nc(C(N)=O)cc(-c2ccccc2)n1. The Balaban J connectivity index is 2.37. The average Bonchev–Trinajstić information content (AvgIpc) is 2.55. The van der Waals surface area contributed by atoms with Crippen molar-refractivity contribution in [2.75, 3.05) is 25.1 Å². The second-order valence-corrected chi connectivity index (χ2v) is 4.83. The number of carbonyl (C=O) groups excluding carboxylic acids is 2. The van der Waals surface area contributed by atoms with Crippen LogP contribution >= 0.6 is 0 Å². The number of benzene rings is 1. The molecule has 7 nitrogen and oxygen atoms in total. The van der Waals surface area contributed by atoms with Gasteiger partial charge in [-0.05, 0) is 13.0 Å². The molecular weight excluding hydrogens is 296 g/mol. The van der Waals surface area contributed by atoms with Gasteiger partial charge in [-0.2, -0.15) is 0 Å². The van der Waals surface area contributed by atoms with Crippen molar-refractivity contribution in [3.05, 3.63) is 42.1 Å². The number of hydrogen-bond donors (Lipinski definition) is 1. The van der Waals surface area contributed by atoms with Gasteiger partial charge in [0.2, 0.25) is 5.95 Å². The van der Waals surface area contributed by atoms with Crippen molar-refractivity contribution >= 4 is 17.8 Å². The highest BCUT2D eigenvalue weighted by Gasteiger charge is 2.15. The molecule has 1 aromatic heterocycles. The molecule has 1 aromatic carbocycles. The van der Waals surface area contributed by atoms with E-state index >= 15 is 0 Å². The largest absolute Gasteiger partial charge is 0.465 e. The summed E-state index contributed by atoms with van der Waals surface area (Å²) in [6, 6.07) is 10.9. The molecule has 0 saturated heterocycles. The summed E-state index contributed by atoms with van der Waals surface area (Å²) in [6.45, 7) is 2.00. The number of amides is 1. The minimum absolute atomic E-state index is 0.0235. The highest BCUT2D eigenvalue weighted by atomic mass is 16.5. The number of primary amides is 1. The van der Waals surface area contributed by atoms with Crippen LogP contribution in [-0.2, 0) is 9.53 Å². The van der Waals surface area contributed by atoms with Crippen molar-refractivity contribution in [3.63, 3.8) is 0 Å². The summed E-state index contributed by atoms with van der Waals surface area (Å²) in [6.07, 6.45) is 0. The van der Waals surface area contributed by atoms with Gasteiger partial charge in [-0.3, -0.25) is 9.59 Å². The minimum Gasteiger partial charge on any atom is -0.465 e. The van der Waals surface area contributed by atoms with Crippen molar-refractivity contribution in [1.82, 2.24) is 9.97 Å². The van der Waals surface area contributed by atoms with Crippen molar-refractivity contribution < 1.29 is 14.3 Å². The molecule has 120 valence electrons. The Bertz CT molecular complexity index is 704. The zero-order valence-corrected chi connectivity index (χ0v) is 13.0. The van der Waals surface area contributed by atoms with Gasteiger partial charge in [0.25, 0.3) is 5.91 Å². The standard InChI is InChI=1S/C16H18N4O3/c1-3-23-14(21)10-20(2)16-18-12(9-13(19-16)15(17)22)11-7-5-4-6-8-11/h4-9H,3,10H2,1-2H3,(H2,17,22). The van der Waals surface area contributed by atoms with Crippen LogP contribution in [0, 0.1) is 0 Å².